The fraction of sp³-hybridized carbons (Fsp3) is 0.429. The lowest BCUT2D eigenvalue weighted by Gasteiger charge is -2.18. The van der Waals surface area contributed by atoms with Crippen molar-refractivity contribution in [2.75, 3.05) is 63.0 Å². The molecule has 0 fully saturated rings. The molecular weight excluding hydrogens is 713 g/mol. The molecule has 3 aromatic rings. The van der Waals surface area contributed by atoms with Crippen molar-refractivity contribution in [1.29, 1.82) is 0 Å². The first kappa shape index (κ1) is 43.1. The van der Waals surface area contributed by atoms with Gasteiger partial charge in [0.2, 0.25) is 5.91 Å². The number of ketones is 2. The first-order valence-corrected chi connectivity index (χ1v) is 19.4. The molecular formula is C42H54N8O6. The number of carbonyl (C=O) groups excluding carboxylic acids is 6. The van der Waals surface area contributed by atoms with Gasteiger partial charge in [-0.05, 0) is 119 Å². The number of nitrogens with one attached hydrogen (secondary N) is 4. The van der Waals surface area contributed by atoms with E-state index < -0.39 is 23.5 Å². The number of nitrogens with zero attached hydrogens (tertiary/aromatic N) is 4. The number of carbonyl (C=O) groups is 6. The smallest absolute Gasteiger partial charge is 0.255 e. The quantitative estimate of drug-likeness (QED) is 0.0611. The van der Waals surface area contributed by atoms with Gasteiger partial charge in [-0.3, -0.25) is 28.8 Å². The van der Waals surface area contributed by atoms with Crippen LogP contribution < -0.4 is 21.3 Å². The molecule has 0 bridgehead atoms. The monoisotopic (exact) mass is 766 g/mol. The summed E-state index contributed by atoms with van der Waals surface area (Å²) in [5.74, 6) is -2.20. The second-order valence-electron chi connectivity index (χ2n) is 13.7. The highest BCUT2D eigenvalue weighted by atomic mass is 16.2. The van der Waals surface area contributed by atoms with E-state index in [0.29, 0.717) is 30.0 Å². The SMILES string of the molecule is CCN(CC)CCCNC(=O)c1cc(NC(=O)c2ccc(N=NC(C(C)=O)C(=O)Cc3ccc4c(c3)CC(=O)N4)cc2)cc(C(=O)NCCCN(CC)CC)c1. The topological polar surface area (TPSA) is 182 Å². The molecule has 56 heavy (non-hydrogen) atoms. The summed E-state index contributed by atoms with van der Waals surface area (Å²) in [6, 6.07) is 14.6. The summed E-state index contributed by atoms with van der Waals surface area (Å²) in [6.07, 6.45) is 1.71. The zero-order valence-corrected chi connectivity index (χ0v) is 33.1. The summed E-state index contributed by atoms with van der Waals surface area (Å²) in [6.45, 7) is 16.0. The van der Waals surface area contributed by atoms with Crippen LogP contribution in [0.2, 0.25) is 0 Å². The van der Waals surface area contributed by atoms with Crippen LogP contribution in [0.3, 0.4) is 0 Å². The number of anilines is 2. The van der Waals surface area contributed by atoms with Gasteiger partial charge < -0.3 is 31.1 Å². The number of rotatable bonds is 22. The van der Waals surface area contributed by atoms with Crippen LogP contribution in [-0.4, -0.2) is 103 Å². The second-order valence-corrected chi connectivity index (χ2v) is 13.7. The summed E-state index contributed by atoms with van der Waals surface area (Å²) in [5, 5.41) is 19.6. The molecule has 298 valence electrons. The van der Waals surface area contributed by atoms with Gasteiger partial charge >= 0.3 is 0 Å². The van der Waals surface area contributed by atoms with Gasteiger partial charge in [-0.25, -0.2) is 0 Å². The predicted molar refractivity (Wildman–Crippen MR) is 217 cm³/mol. The number of Topliss-reactive ketones (excluding diaryl/α,β-unsaturated/α-hetero) is 2. The minimum atomic E-state index is -1.31. The Balaban J connectivity index is 1.43. The Hall–Kier alpha value is -5.60. The van der Waals surface area contributed by atoms with Gasteiger partial charge in [-0.1, -0.05) is 39.8 Å². The highest BCUT2D eigenvalue weighted by Gasteiger charge is 2.25. The lowest BCUT2D eigenvalue weighted by Crippen LogP contribution is -2.31. The van der Waals surface area contributed by atoms with Crippen molar-refractivity contribution in [3.63, 3.8) is 0 Å². The van der Waals surface area contributed by atoms with E-state index in [1.165, 1.54) is 49.4 Å². The largest absolute Gasteiger partial charge is 0.352 e. The standard InChI is InChI=1S/C42H54N8O6/c1-6-49(7-2)20-10-18-43-40(54)32-24-33(41(55)44-19-11-21-50(8-3)9-4)26-35(25-32)45-42(56)30-13-15-34(16-14-30)47-48-39(28(5)51)37(52)23-29-12-17-36-31(22-29)27-38(53)46-36/h12-17,22,24-26,39H,6-11,18-21,23,27H2,1-5H3,(H,43,54)(H,44,55)(H,45,56)(H,46,53). The zero-order chi connectivity index (χ0) is 40.6. The molecule has 4 N–H and O–H groups in total. The Kier molecular flexibility index (Phi) is 16.5. The first-order valence-electron chi connectivity index (χ1n) is 19.4. The molecule has 1 unspecified atom stereocenters. The molecule has 1 aliphatic rings. The van der Waals surface area contributed by atoms with E-state index in [2.05, 4.69) is 69.0 Å². The predicted octanol–water partition coefficient (Wildman–Crippen LogP) is 5.21. The van der Waals surface area contributed by atoms with Gasteiger partial charge in [-0.2, -0.15) is 10.2 Å². The van der Waals surface area contributed by atoms with Gasteiger partial charge in [0.05, 0.1) is 12.1 Å². The molecule has 4 rings (SSSR count). The average Bonchev–Trinajstić information content (AvgIpc) is 3.57. The number of hydrogen-bond donors (Lipinski definition) is 4. The molecule has 3 aromatic carbocycles. The molecule has 1 atom stereocenters. The average molecular weight is 767 g/mol. The molecule has 0 aromatic heterocycles. The van der Waals surface area contributed by atoms with E-state index in [9.17, 15) is 28.8 Å². The summed E-state index contributed by atoms with van der Waals surface area (Å²) in [4.78, 5) is 81.5. The third kappa shape index (κ3) is 12.7. The number of amides is 4. The van der Waals surface area contributed by atoms with Gasteiger partial charge in [0.15, 0.2) is 17.6 Å². The molecule has 1 heterocycles. The molecule has 0 saturated heterocycles. The lowest BCUT2D eigenvalue weighted by atomic mass is 9.99. The van der Waals surface area contributed by atoms with E-state index in [1.54, 1.807) is 18.2 Å². The summed E-state index contributed by atoms with van der Waals surface area (Å²) in [7, 11) is 0. The van der Waals surface area contributed by atoms with Crippen molar-refractivity contribution < 1.29 is 28.8 Å². The van der Waals surface area contributed by atoms with Crippen LogP contribution in [0.25, 0.3) is 0 Å². The van der Waals surface area contributed by atoms with Gasteiger partial charge in [-0.15, -0.1) is 0 Å². The van der Waals surface area contributed by atoms with Gasteiger partial charge in [0.1, 0.15) is 0 Å². The minimum absolute atomic E-state index is 0.0522. The Morgan fingerprint density at radius 1 is 0.732 bits per heavy atom. The Morgan fingerprint density at radius 3 is 1.84 bits per heavy atom. The molecule has 14 nitrogen and oxygen atoms in total. The van der Waals surface area contributed by atoms with Crippen LogP contribution >= 0.6 is 0 Å². The Labute approximate surface area is 328 Å². The maximum atomic E-state index is 13.4. The third-order valence-corrected chi connectivity index (χ3v) is 9.66. The van der Waals surface area contributed by atoms with E-state index in [0.717, 1.165) is 57.7 Å². The molecule has 4 amide bonds. The summed E-state index contributed by atoms with van der Waals surface area (Å²) >= 11 is 0. The van der Waals surface area contributed by atoms with Crippen molar-refractivity contribution in [3.8, 4) is 0 Å². The third-order valence-electron chi connectivity index (χ3n) is 9.66. The number of benzene rings is 3. The lowest BCUT2D eigenvalue weighted by molar-refractivity contribution is -0.127. The van der Waals surface area contributed by atoms with Crippen molar-refractivity contribution in [3.05, 3.63) is 88.5 Å². The maximum absolute atomic E-state index is 13.4. The molecule has 14 heteroatoms. The van der Waals surface area contributed by atoms with E-state index in [1.807, 2.05) is 0 Å². The molecule has 0 saturated carbocycles. The Morgan fingerprint density at radius 2 is 1.30 bits per heavy atom. The fourth-order valence-electron chi connectivity index (χ4n) is 6.32. The van der Waals surface area contributed by atoms with Crippen molar-refractivity contribution in [2.45, 2.75) is 66.3 Å². The highest BCUT2D eigenvalue weighted by molar-refractivity contribution is 6.08. The number of fused-ring (bicyclic) bond motifs is 1. The summed E-state index contributed by atoms with van der Waals surface area (Å²) < 4.78 is 0. The Bertz CT molecular complexity index is 1850. The van der Waals surface area contributed by atoms with Crippen LogP contribution in [0.4, 0.5) is 17.1 Å². The molecule has 1 aliphatic heterocycles. The first-order chi connectivity index (χ1) is 26.9. The van der Waals surface area contributed by atoms with Crippen LogP contribution in [0.5, 0.6) is 0 Å². The van der Waals surface area contributed by atoms with Crippen molar-refractivity contribution >= 4 is 52.3 Å². The molecule has 0 spiro atoms. The van der Waals surface area contributed by atoms with Crippen LogP contribution in [-0.2, 0) is 27.2 Å². The fourth-order valence-corrected chi connectivity index (χ4v) is 6.32. The van der Waals surface area contributed by atoms with Crippen LogP contribution in [0.15, 0.2) is 70.9 Å². The molecule has 0 aliphatic carbocycles. The minimum Gasteiger partial charge on any atom is -0.352 e. The van der Waals surface area contributed by atoms with E-state index in [4.69, 9.17) is 0 Å². The highest BCUT2D eigenvalue weighted by Crippen LogP contribution is 2.25. The van der Waals surface area contributed by atoms with E-state index >= 15 is 0 Å². The van der Waals surface area contributed by atoms with E-state index in [-0.39, 0.29) is 52.9 Å². The number of azo groups is 1. The normalized spacial score (nSPS) is 12.7. The maximum Gasteiger partial charge on any atom is 0.255 e. The van der Waals surface area contributed by atoms with Crippen LogP contribution in [0.1, 0.15) is 89.7 Å². The second kappa shape index (κ2) is 21.5. The molecule has 0 radical (unpaired) electrons. The van der Waals surface area contributed by atoms with Gasteiger partial charge in [0, 0.05) is 47.6 Å². The zero-order valence-electron chi connectivity index (χ0n) is 33.1. The van der Waals surface area contributed by atoms with Gasteiger partial charge in [0.25, 0.3) is 17.7 Å². The van der Waals surface area contributed by atoms with Crippen molar-refractivity contribution in [2.24, 2.45) is 10.2 Å². The number of hydrogen-bond acceptors (Lipinski definition) is 10. The van der Waals surface area contributed by atoms with Crippen LogP contribution in [0, 0.1) is 0 Å². The van der Waals surface area contributed by atoms with Crippen molar-refractivity contribution in [1.82, 2.24) is 20.4 Å². The summed E-state index contributed by atoms with van der Waals surface area (Å²) in [5.41, 5.74) is 3.52.